The van der Waals surface area contributed by atoms with Gasteiger partial charge in [0.25, 0.3) is 0 Å². The van der Waals surface area contributed by atoms with Gasteiger partial charge in [-0.1, -0.05) is 169 Å². The van der Waals surface area contributed by atoms with Gasteiger partial charge in [-0.2, -0.15) is 0 Å². The maximum Gasteiger partial charge on any atom is 0.306 e. The van der Waals surface area contributed by atoms with Gasteiger partial charge >= 0.3 is 17.9 Å². The lowest BCUT2D eigenvalue weighted by Gasteiger charge is -2.18. The Morgan fingerprint density at radius 3 is 1.19 bits per heavy atom. The molecule has 6 heteroatoms. The molecule has 6 nitrogen and oxygen atoms in total. The summed E-state index contributed by atoms with van der Waals surface area (Å²) in [4.78, 5) is 37.6. The van der Waals surface area contributed by atoms with E-state index < -0.39 is 6.10 Å². The van der Waals surface area contributed by atoms with Crippen LogP contribution in [0.5, 0.6) is 0 Å². The van der Waals surface area contributed by atoms with E-state index in [0.717, 1.165) is 96.3 Å². The van der Waals surface area contributed by atoms with Gasteiger partial charge in [0, 0.05) is 19.3 Å². The largest absolute Gasteiger partial charge is 0.462 e. The number of ether oxygens (including phenoxy) is 3. The third-order valence-electron chi connectivity index (χ3n) is 8.18. The van der Waals surface area contributed by atoms with Crippen molar-refractivity contribution in [3.05, 3.63) is 109 Å². The first-order chi connectivity index (χ1) is 26.5. The van der Waals surface area contributed by atoms with Gasteiger partial charge in [0.2, 0.25) is 0 Å². The van der Waals surface area contributed by atoms with Gasteiger partial charge in [-0.25, -0.2) is 0 Å². The molecule has 0 radical (unpaired) electrons. The molecule has 1 unspecified atom stereocenters. The van der Waals surface area contributed by atoms with E-state index in [1.54, 1.807) is 0 Å². The SMILES string of the molecule is CC\C=C/C=C\C=C/C=C\CCCCCC(=O)OCC(COC(=O)CCCCCC/C=C\CCCC)OC(=O)CCCCC\C=C/C=C\C=C/C=C\CC. The van der Waals surface area contributed by atoms with Crippen molar-refractivity contribution in [3.8, 4) is 0 Å². The Morgan fingerprint density at radius 1 is 0.389 bits per heavy atom. The fraction of sp³-hybridized carbons (Fsp3) is 0.562. The minimum absolute atomic E-state index is 0.116. The van der Waals surface area contributed by atoms with E-state index in [-0.39, 0.29) is 37.5 Å². The molecule has 0 aromatic heterocycles. The summed E-state index contributed by atoms with van der Waals surface area (Å²) >= 11 is 0. The monoisotopic (exact) mass is 747 g/mol. The summed E-state index contributed by atoms with van der Waals surface area (Å²) in [7, 11) is 0. The fourth-order valence-corrected chi connectivity index (χ4v) is 5.03. The summed E-state index contributed by atoms with van der Waals surface area (Å²) in [6, 6.07) is 0. The predicted molar refractivity (Wildman–Crippen MR) is 228 cm³/mol. The summed E-state index contributed by atoms with van der Waals surface area (Å²) < 4.78 is 16.6. The highest BCUT2D eigenvalue weighted by atomic mass is 16.6. The van der Waals surface area contributed by atoms with Crippen LogP contribution < -0.4 is 0 Å². The van der Waals surface area contributed by atoms with E-state index in [0.29, 0.717) is 19.3 Å². The minimum Gasteiger partial charge on any atom is -0.462 e. The standard InChI is InChI=1S/C48H74O6/c1-4-7-10-13-16-19-22-24-26-29-32-35-38-41-47(50)53-44-45(43-52-46(49)40-37-34-31-28-21-18-15-12-9-6-3)54-48(51)42-39-36-33-30-27-25-23-20-17-14-11-8-5-2/h7-8,10-11,13-20,22-27,45H,4-6,9,12,21,28-44H2,1-3H3/b10-7-,11-8-,16-13-,17-14-,18-15-,22-19-,23-20-,26-24-,27-25-. The van der Waals surface area contributed by atoms with E-state index in [1.165, 1.54) is 12.8 Å². The quantitative estimate of drug-likeness (QED) is 0.0211. The molecular formula is C48H74O6. The summed E-state index contributed by atoms with van der Waals surface area (Å²) in [5.41, 5.74) is 0. The highest BCUT2D eigenvalue weighted by Gasteiger charge is 2.19. The molecule has 0 aliphatic carbocycles. The lowest BCUT2D eigenvalue weighted by Crippen LogP contribution is -2.30. The average molecular weight is 747 g/mol. The van der Waals surface area contributed by atoms with Crippen LogP contribution in [0.3, 0.4) is 0 Å². The fourth-order valence-electron chi connectivity index (χ4n) is 5.03. The van der Waals surface area contributed by atoms with E-state index in [9.17, 15) is 14.4 Å². The molecule has 0 aromatic rings. The Labute approximate surface area is 330 Å². The Bertz CT molecular complexity index is 1180. The Hall–Kier alpha value is -3.93. The van der Waals surface area contributed by atoms with Gasteiger partial charge in [-0.3, -0.25) is 14.4 Å². The van der Waals surface area contributed by atoms with Crippen LogP contribution in [0, 0.1) is 0 Å². The Balaban J connectivity index is 4.57. The first kappa shape index (κ1) is 50.1. The van der Waals surface area contributed by atoms with Crippen molar-refractivity contribution in [1.82, 2.24) is 0 Å². The summed E-state index contributed by atoms with van der Waals surface area (Å²) in [5.74, 6) is -1.03. The van der Waals surface area contributed by atoms with Crippen molar-refractivity contribution in [2.75, 3.05) is 13.2 Å². The van der Waals surface area contributed by atoms with Crippen LogP contribution in [0.4, 0.5) is 0 Å². The molecule has 1 atom stereocenters. The lowest BCUT2D eigenvalue weighted by atomic mass is 10.1. The lowest BCUT2D eigenvalue weighted by molar-refractivity contribution is -0.167. The highest BCUT2D eigenvalue weighted by Crippen LogP contribution is 2.11. The van der Waals surface area contributed by atoms with Crippen LogP contribution in [0.2, 0.25) is 0 Å². The van der Waals surface area contributed by atoms with Crippen LogP contribution in [-0.2, 0) is 28.6 Å². The number of hydrogen-bond donors (Lipinski definition) is 0. The van der Waals surface area contributed by atoms with Crippen LogP contribution in [0.25, 0.3) is 0 Å². The molecule has 0 heterocycles. The second-order valence-corrected chi connectivity index (χ2v) is 13.3. The molecule has 302 valence electrons. The van der Waals surface area contributed by atoms with Crippen LogP contribution in [0.15, 0.2) is 109 Å². The van der Waals surface area contributed by atoms with Crippen LogP contribution in [-0.4, -0.2) is 37.2 Å². The zero-order valence-electron chi connectivity index (χ0n) is 34.2. The van der Waals surface area contributed by atoms with Gasteiger partial charge in [0.05, 0.1) is 0 Å². The number of allylic oxidation sites excluding steroid dienone is 18. The molecule has 54 heavy (non-hydrogen) atoms. The molecule has 0 bridgehead atoms. The zero-order chi connectivity index (χ0) is 39.4. The number of carbonyl (C=O) groups is 3. The Kier molecular flexibility index (Phi) is 38.8. The van der Waals surface area contributed by atoms with E-state index >= 15 is 0 Å². The van der Waals surface area contributed by atoms with Gasteiger partial charge in [0.15, 0.2) is 6.10 Å². The van der Waals surface area contributed by atoms with Crippen LogP contribution >= 0.6 is 0 Å². The topological polar surface area (TPSA) is 78.9 Å². The minimum atomic E-state index is -0.818. The second-order valence-electron chi connectivity index (χ2n) is 13.3. The molecule has 0 fully saturated rings. The molecule has 0 amide bonds. The molecule has 0 spiro atoms. The number of esters is 3. The second kappa shape index (κ2) is 41.8. The van der Waals surface area contributed by atoms with E-state index in [2.05, 4.69) is 57.2 Å². The summed E-state index contributed by atoms with van der Waals surface area (Å²) in [6.45, 7) is 6.18. The average Bonchev–Trinajstić information content (AvgIpc) is 3.17. The number of rotatable bonds is 35. The first-order valence-electron chi connectivity index (χ1n) is 21.0. The van der Waals surface area contributed by atoms with Crippen molar-refractivity contribution in [2.45, 2.75) is 162 Å². The van der Waals surface area contributed by atoms with Gasteiger partial charge < -0.3 is 14.2 Å². The number of carbonyl (C=O) groups excluding carboxylic acids is 3. The normalized spacial score (nSPS) is 13.2. The van der Waals surface area contributed by atoms with Crippen molar-refractivity contribution in [2.24, 2.45) is 0 Å². The van der Waals surface area contributed by atoms with Crippen molar-refractivity contribution < 1.29 is 28.6 Å². The molecular weight excluding hydrogens is 673 g/mol. The van der Waals surface area contributed by atoms with Crippen molar-refractivity contribution >= 4 is 17.9 Å². The molecule has 0 aromatic carbocycles. The smallest absolute Gasteiger partial charge is 0.306 e. The maximum atomic E-state index is 12.7. The van der Waals surface area contributed by atoms with Gasteiger partial charge in [0.1, 0.15) is 13.2 Å². The molecule has 0 saturated carbocycles. The van der Waals surface area contributed by atoms with Gasteiger partial charge in [-0.05, 0) is 77.0 Å². The first-order valence-corrected chi connectivity index (χ1v) is 21.0. The molecule has 0 rings (SSSR count). The Morgan fingerprint density at radius 2 is 0.741 bits per heavy atom. The third-order valence-corrected chi connectivity index (χ3v) is 8.18. The zero-order valence-corrected chi connectivity index (χ0v) is 34.2. The highest BCUT2D eigenvalue weighted by molar-refractivity contribution is 5.71. The third kappa shape index (κ3) is 39.3. The number of unbranched alkanes of at least 4 members (excludes halogenated alkanes) is 12. The predicted octanol–water partition coefficient (Wildman–Crippen LogP) is 13.2. The maximum absolute atomic E-state index is 12.7. The van der Waals surface area contributed by atoms with E-state index in [4.69, 9.17) is 14.2 Å². The molecule has 0 N–H and O–H groups in total. The summed E-state index contributed by atoms with van der Waals surface area (Å²) in [5, 5.41) is 0. The molecule has 0 saturated heterocycles. The van der Waals surface area contributed by atoms with Gasteiger partial charge in [-0.15, -0.1) is 0 Å². The van der Waals surface area contributed by atoms with Crippen molar-refractivity contribution in [3.63, 3.8) is 0 Å². The molecule has 0 aliphatic heterocycles. The summed E-state index contributed by atoms with van der Waals surface area (Å²) in [6.07, 6.45) is 55.0. The van der Waals surface area contributed by atoms with Crippen LogP contribution in [0.1, 0.15) is 156 Å². The van der Waals surface area contributed by atoms with Crippen molar-refractivity contribution in [1.29, 1.82) is 0 Å². The number of hydrogen-bond acceptors (Lipinski definition) is 6. The molecule has 0 aliphatic rings. The van der Waals surface area contributed by atoms with E-state index in [1.807, 2.05) is 72.9 Å².